The molecule has 0 aliphatic carbocycles. The average Bonchev–Trinajstić information content (AvgIpc) is 2.08. The van der Waals surface area contributed by atoms with Crippen LogP contribution in [0, 0.1) is 6.92 Å². The Balaban J connectivity index is 3.23. The predicted molar refractivity (Wildman–Crippen MR) is 62.7 cm³/mol. The number of rotatable bonds is 1. The fraction of sp³-hybridized carbons (Fsp3) is 0.273. The van der Waals surface area contributed by atoms with Crippen LogP contribution in [0.15, 0.2) is 22.7 Å². The van der Waals surface area contributed by atoms with Crippen LogP contribution in [-0.2, 0) is 9.59 Å². The third kappa shape index (κ3) is 2.65. The van der Waals surface area contributed by atoms with E-state index in [0.717, 1.165) is 10.0 Å². The molecule has 0 radical (unpaired) electrons. The molecule has 1 rings (SSSR count). The quantitative estimate of drug-likeness (QED) is 0.786. The molecule has 0 atom stereocenters. The van der Waals surface area contributed by atoms with E-state index in [1.807, 2.05) is 13.0 Å². The highest BCUT2D eigenvalue weighted by molar-refractivity contribution is 9.10. The Bertz CT molecular complexity index is 401. The Labute approximate surface area is 97.2 Å². The lowest BCUT2D eigenvalue weighted by atomic mass is 10.2. The molecule has 0 saturated heterocycles. The fourth-order valence-electron chi connectivity index (χ4n) is 1.43. The van der Waals surface area contributed by atoms with Gasteiger partial charge >= 0.3 is 0 Å². The van der Waals surface area contributed by atoms with Gasteiger partial charge in [-0.25, -0.2) is 0 Å². The fourth-order valence-corrected chi connectivity index (χ4v) is 1.91. The normalized spacial score (nSPS) is 9.87. The standard InChI is InChI=1S/C11H12BrNO2/c1-7-6-10(12)4-5-11(7)13(8(2)14)9(3)15/h4-6H,1-3H3. The van der Waals surface area contributed by atoms with Crippen molar-refractivity contribution in [2.75, 3.05) is 4.90 Å². The van der Waals surface area contributed by atoms with Crippen molar-refractivity contribution < 1.29 is 9.59 Å². The lowest BCUT2D eigenvalue weighted by Crippen LogP contribution is -2.33. The maximum absolute atomic E-state index is 11.3. The molecule has 3 nitrogen and oxygen atoms in total. The number of amides is 2. The van der Waals surface area contributed by atoms with Gasteiger partial charge in [0.25, 0.3) is 0 Å². The molecule has 1 aromatic carbocycles. The van der Waals surface area contributed by atoms with Crippen LogP contribution in [0.3, 0.4) is 0 Å². The number of hydrogen-bond donors (Lipinski definition) is 0. The zero-order valence-corrected chi connectivity index (χ0v) is 10.5. The molecule has 0 aromatic heterocycles. The summed E-state index contributed by atoms with van der Waals surface area (Å²) in [6.45, 7) is 4.62. The molecule has 0 aliphatic heterocycles. The van der Waals surface area contributed by atoms with Gasteiger partial charge in [-0.1, -0.05) is 15.9 Å². The minimum absolute atomic E-state index is 0.270. The molecule has 0 heterocycles. The van der Waals surface area contributed by atoms with E-state index in [9.17, 15) is 9.59 Å². The second kappa shape index (κ2) is 4.57. The second-order valence-corrected chi connectivity index (χ2v) is 4.22. The summed E-state index contributed by atoms with van der Waals surface area (Å²) >= 11 is 3.33. The van der Waals surface area contributed by atoms with Gasteiger partial charge in [-0.3, -0.25) is 14.5 Å². The lowest BCUT2D eigenvalue weighted by Gasteiger charge is -2.19. The summed E-state index contributed by atoms with van der Waals surface area (Å²) in [6.07, 6.45) is 0. The molecule has 0 saturated carbocycles. The van der Waals surface area contributed by atoms with Crippen molar-refractivity contribution in [2.45, 2.75) is 20.8 Å². The van der Waals surface area contributed by atoms with Crippen LogP contribution in [-0.4, -0.2) is 11.8 Å². The summed E-state index contributed by atoms with van der Waals surface area (Å²) in [4.78, 5) is 23.8. The minimum atomic E-state index is -0.270. The molecule has 4 heteroatoms. The van der Waals surface area contributed by atoms with Crippen LogP contribution in [0.1, 0.15) is 19.4 Å². The van der Waals surface area contributed by atoms with Gasteiger partial charge in [-0.2, -0.15) is 0 Å². The molecular formula is C11H12BrNO2. The largest absolute Gasteiger partial charge is 0.274 e. The number of benzene rings is 1. The van der Waals surface area contributed by atoms with Gasteiger partial charge in [-0.05, 0) is 30.7 Å². The minimum Gasteiger partial charge on any atom is -0.274 e. The van der Waals surface area contributed by atoms with Crippen molar-refractivity contribution in [3.05, 3.63) is 28.2 Å². The van der Waals surface area contributed by atoms with E-state index in [2.05, 4.69) is 15.9 Å². The van der Waals surface area contributed by atoms with Crippen LogP contribution >= 0.6 is 15.9 Å². The van der Waals surface area contributed by atoms with Crippen LogP contribution in [0.5, 0.6) is 0 Å². The smallest absolute Gasteiger partial charge is 0.230 e. The van der Waals surface area contributed by atoms with Gasteiger partial charge in [0.05, 0.1) is 5.69 Å². The highest BCUT2D eigenvalue weighted by Gasteiger charge is 2.17. The van der Waals surface area contributed by atoms with Gasteiger partial charge in [0.2, 0.25) is 11.8 Å². The van der Waals surface area contributed by atoms with Crippen LogP contribution in [0.2, 0.25) is 0 Å². The molecule has 0 bridgehead atoms. The molecule has 15 heavy (non-hydrogen) atoms. The molecule has 0 fully saturated rings. The second-order valence-electron chi connectivity index (χ2n) is 3.30. The summed E-state index contributed by atoms with van der Waals surface area (Å²) < 4.78 is 0.927. The number of nitrogens with zero attached hydrogens (tertiary/aromatic N) is 1. The van der Waals surface area contributed by atoms with E-state index in [1.54, 1.807) is 12.1 Å². The van der Waals surface area contributed by atoms with Crippen molar-refractivity contribution >= 4 is 33.4 Å². The van der Waals surface area contributed by atoms with Crippen LogP contribution in [0.4, 0.5) is 5.69 Å². The molecule has 2 amide bonds. The summed E-state index contributed by atoms with van der Waals surface area (Å²) in [7, 11) is 0. The summed E-state index contributed by atoms with van der Waals surface area (Å²) in [5.41, 5.74) is 1.52. The van der Waals surface area contributed by atoms with Crippen LogP contribution < -0.4 is 4.90 Å². The number of carbonyl (C=O) groups is 2. The van der Waals surface area contributed by atoms with Crippen molar-refractivity contribution in [1.29, 1.82) is 0 Å². The molecule has 80 valence electrons. The van der Waals surface area contributed by atoms with Crippen molar-refractivity contribution in [2.24, 2.45) is 0 Å². The number of anilines is 1. The van der Waals surface area contributed by atoms with Crippen LogP contribution in [0.25, 0.3) is 0 Å². The highest BCUT2D eigenvalue weighted by Crippen LogP contribution is 2.24. The number of carbonyl (C=O) groups excluding carboxylic acids is 2. The Morgan fingerprint density at radius 2 is 1.73 bits per heavy atom. The maximum atomic E-state index is 11.3. The van der Waals surface area contributed by atoms with Gasteiger partial charge in [0, 0.05) is 18.3 Å². The molecular weight excluding hydrogens is 258 g/mol. The van der Waals surface area contributed by atoms with E-state index in [4.69, 9.17) is 0 Å². The highest BCUT2D eigenvalue weighted by atomic mass is 79.9. The topological polar surface area (TPSA) is 37.4 Å². The molecule has 1 aromatic rings. The van der Waals surface area contributed by atoms with E-state index >= 15 is 0 Å². The first-order chi connectivity index (χ1) is 6.93. The third-order valence-corrected chi connectivity index (χ3v) is 2.52. The van der Waals surface area contributed by atoms with Gasteiger partial charge in [0.15, 0.2) is 0 Å². The first-order valence-electron chi connectivity index (χ1n) is 4.51. The first kappa shape index (κ1) is 11.9. The number of aryl methyl sites for hydroxylation is 1. The number of imide groups is 1. The summed E-state index contributed by atoms with van der Waals surface area (Å²) in [5.74, 6) is -0.541. The Kier molecular flexibility index (Phi) is 3.63. The lowest BCUT2D eigenvalue weighted by molar-refractivity contribution is -0.124. The molecule has 0 N–H and O–H groups in total. The molecule has 0 spiro atoms. The SMILES string of the molecule is CC(=O)N(C(C)=O)c1ccc(Br)cc1C. The van der Waals surface area contributed by atoms with E-state index in [0.29, 0.717) is 5.69 Å². The Hall–Kier alpha value is -1.16. The molecule has 0 aliphatic rings. The Morgan fingerprint density at radius 3 is 2.13 bits per heavy atom. The predicted octanol–water partition coefficient (Wildman–Crippen LogP) is 2.66. The maximum Gasteiger partial charge on any atom is 0.230 e. The number of hydrogen-bond acceptors (Lipinski definition) is 2. The summed E-state index contributed by atoms with van der Waals surface area (Å²) in [5, 5.41) is 0. The summed E-state index contributed by atoms with van der Waals surface area (Å²) in [6, 6.07) is 5.43. The third-order valence-electron chi connectivity index (χ3n) is 2.03. The van der Waals surface area contributed by atoms with Gasteiger partial charge in [0.1, 0.15) is 0 Å². The van der Waals surface area contributed by atoms with E-state index in [-0.39, 0.29) is 11.8 Å². The molecule has 0 unspecified atom stereocenters. The van der Waals surface area contributed by atoms with Gasteiger partial charge < -0.3 is 0 Å². The van der Waals surface area contributed by atoms with Crippen molar-refractivity contribution in [1.82, 2.24) is 0 Å². The van der Waals surface area contributed by atoms with Crippen molar-refractivity contribution in [3.8, 4) is 0 Å². The monoisotopic (exact) mass is 269 g/mol. The average molecular weight is 270 g/mol. The van der Waals surface area contributed by atoms with E-state index in [1.165, 1.54) is 18.7 Å². The number of halogens is 1. The zero-order chi connectivity index (χ0) is 11.6. The first-order valence-corrected chi connectivity index (χ1v) is 5.30. The van der Waals surface area contributed by atoms with E-state index < -0.39 is 0 Å². The zero-order valence-electron chi connectivity index (χ0n) is 8.87. The van der Waals surface area contributed by atoms with Gasteiger partial charge in [-0.15, -0.1) is 0 Å². The Morgan fingerprint density at radius 1 is 1.20 bits per heavy atom. The van der Waals surface area contributed by atoms with Crippen molar-refractivity contribution in [3.63, 3.8) is 0 Å².